The largest absolute Gasteiger partial charge is 0.397 e. The number of nitrogens with one attached hydrogen (secondary N) is 1. The zero-order valence-corrected chi connectivity index (χ0v) is 14.0. The molecule has 0 heterocycles. The van der Waals surface area contributed by atoms with Gasteiger partial charge in [-0.3, -0.25) is 4.79 Å². The summed E-state index contributed by atoms with van der Waals surface area (Å²) in [6.07, 6.45) is 0. The highest BCUT2D eigenvalue weighted by atomic mass is 79.9. The van der Waals surface area contributed by atoms with Crippen LogP contribution < -0.4 is 11.1 Å². The third-order valence-corrected chi connectivity index (χ3v) is 4.14. The first-order valence-corrected chi connectivity index (χ1v) is 7.39. The van der Waals surface area contributed by atoms with Crippen LogP contribution in [0.2, 0.25) is 5.02 Å². The smallest absolute Gasteiger partial charge is 0.253 e. The number of carbonyl (C=O) groups is 1. The van der Waals surface area contributed by atoms with Gasteiger partial charge in [0, 0.05) is 29.8 Å². The van der Waals surface area contributed by atoms with Crippen molar-refractivity contribution in [1.82, 2.24) is 4.90 Å². The number of nitrogens with two attached hydrogens (primary N) is 1. The third kappa shape index (κ3) is 3.68. The standard InChI is InChI=1S/C15H15BrClN3O/c1-20(2)15(21)9-3-6-14(13(18)7-9)19-10-4-5-11(16)12(17)8-10/h3-8,19H,18H2,1-2H3. The number of carbonyl (C=O) groups excluding carboxylic acids is 1. The summed E-state index contributed by atoms with van der Waals surface area (Å²) < 4.78 is 0.828. The number of nitrogens with zero attached hydrogens (tertiary/aromatic N) is 1. The zero-order chi connectivity index (χ0) is 15.6. The summed E-state index contributed by atoms with van der Waals surface area (Å²) in [5.74, 6) is -0.0834. The Morgan fingerprint density at radius 3 is 2.52 bits per heavy atom. The molecular weight excluding hydrogens is 354 g/mol. The monoisotopic (exact) mass is 367 g/mol. The molecule has 0 radical (unpaired) electrons. The third-order valence-electron chi connectivity index (χ3n) is 2.90. The van der Waals surface area contributed by atoms with Crippen molar-refractivity contribution >= 4 is 50.5 Å². The molecule has 1 amide bonds. The van der Waals surface area contributed by atoms with Crippen LogP contribution >= 0.6 is 27.5 Å². The lowest BCUT2D eigenvalue weighted by Crippen LogP contribution is -2.21. The van der Waals surface area contributed by atoms with Crippen LogP contribution in [0.15, 0.2) is 40.9 Å². The van der Waals surface area contributed by atoms with Crippen molar-refractivity contribution in [2.24, 2.45) is 0 Å². The summed E-state index contributed by atoms with van der Waals surface area (Å²) in [6.45, 7) is 0. The molecule has 2 aromatic carbocycles. The molecule has 2 rings (SSSR count). The van der Waals surface area contributed by atoms with Crippen LogP contribution in [0.1, 0.15) is 10.4 Å². The van der Waals surface area contributed by atoms with Crippen LogP contribution in [-0.4, -0.2) is 24.9 Å². The van der Waals surface area contributed by atoms with Crippen LogP contribution in [0.4, 0.5) is 17.1 Å². The van der Waals surface area contributed by atoms with Crippen molar-refractivity contribution in [2.45, 2.75) is 0 Å². The van der Waals surface area contributed by atoms with E-state index in [-0.39, 0.29) is 5.91 Å². The number of anilines is 3. The van der Waals surface area contributed by atoms with Crippen molar-refractivity contribution in [2.75, 3.05) is 25.1 Å². The normalized spacial score (nSPS) is 10.3. The van der Waals surface area contributed by atoms with Crippen LogP contribution in [0.3, 0.4) is 0 Å². The van der Waals surface area contributed by atoms with Crippen molar-refractivity contribution in [3.05, 3.63) is 51.5 Å². The van der Waals surface area contributed by atoms with Crippen molar-refractivity contribution in [3.8, 4) is 0 Å². The highest BCUT2D eigenvalue weighted by Gasteiger charge is 2.10. The molecule has 0 aliphatic carbocycles. The van der Waals surface area contributed by atoms with E-state index in [1.54, 1.807) is 38.4 Å². The molecule has 0 bridgehead atoms. The number of hydrogen-bond acceptors (Lipinski definition) is 3. The van der Waals surface area contributed by atoms with Crippen molar-refractivity contribution < 1.29 is 4.79 Å². The molecule has 0 fully saturated rings. The van der Waals surface area contributed by atoms with E-state index in [4.69, 9.17) is 17.3 Å². The van der Waals surface area contributed by atoms with Crippen LogP contribution in [0.25, 0.3) is 0 Å². The first-order valence-electron chi connectivity index (χ1n) is 6.21. The molecule has 6 heteroatoms. The van der Waals surface area contributed by atoms with E-state index < -0.39 is 0 Å². The molecule has 0 saturated heterocycles. The zero-order valence-electron chi connectivity index (χ0n) is 11.7. The number of hydrogen-bond donors (Lipinski definition) is 2. The van der Waals surface area contributed by atoms with Gasteiger partial charge in [-0.2, -0.15) is 0 Å². The molecule has 0 aromatic heterocycles. The minimum atomic E-state index is -0.0834. The summed E-state index contributed by atoms with van der Waals surface area (Å²) in [7, 11) is 3.41. The molecule has 4 nitrogen and oxygen atoms in total. The van der Waals surface area contributed by atoms with Crippen LogP contribution in [0, 0.1) is 0 Å². The van der Waals surface area contributed by atoms with Gasteiger partial charge in [0.05, 0.1) is 16.4 Å². The predicted molar refractivity (Wildman–Crippen MR) is 91.3 cm³/mol. The summed E-state index contributed by atoms with van der Waals surface area (Å²) in [6, 6.07) is 10.7. The molecule has 110 valence electrons. The summed E-state index contributed by atoms with van der Waals surface area (Å²) in [5.41, 5.74) is 8.60. The predicted octanol–water partition coefficient (Wildman–Crippen LogP) is 4.13. The van der Waals surface area contributed by atoms with Gasteiger partial charge in [0.25, 0.3) is 5.91 Å². The van der Waals surface area contributed by atoms with E-state index >= 15 is 0 Å². The maximum Gasteiger partial charge on any atom is 0.253 e. The minimum absolute atomic E-state index is 0.0834. The summed E-state index contributed by atoms with van der Waals surface area (Å²) in [5, 5.41) is 3.79. The van der Waals surface area contributed by atoms with Gasteiger partial charge in [-0.1, -0.05) is 11.6 Å². The second kappa shape index (κ2) is 6.37. The molecule has 0 aliphatic rings. The maximum atomic E-state index is 11.9. The second-order valence-corrected chi connectivity index (χ2v) is 6.02. The average molecular weight is 369 g/mol. The first-order chi connectivity index (χ1) is 9.88. The van der Waals surface area contributed by atoms with Crippen molar-refractivity contribution in [1.29, 1.82) is 0 Å². The fourth-order valence-corrected chi connectivity index (χ4v) is 2.22. The molecule has 3 N–H and O–H groups in total. The van der Waals surface area contributed by atoms with Gasteiger partial charge in [-0.15, -0.1) is 0 Å². The molecular formula is C15H15BrClN3O. The number of benzene rings is 2. The molecule has 0 spiro atoms. The van der Waals surface area contributed by atoms with Crippen molar-refractivity contribution in [3.63, 3.8) is 0 Å². The van der Waals surface area contributed by atoms with E-state index in [1.807, 2.05) is 12.1 Å². The fourth-order valence-electron chi connectivity index (χ4n) is 1.80. The minimum Gasteiger partial charge on any atom is -0.397 e. The van der Waals surface area contributed by atoms with E-state index in [0.29, 0.717) is 16.3 Å². The van der Waals surface area contributed by atoms with Gasteiger partial charge in [-0.05, 0) is 52.3 Å². The lowest BCUT2D eigenvalue weighted by Gasteiger charge is -2.14. The molecule has 0 unspecified atom stereocenters. The lowest BCUT2D eigenvalue weighted by molar-refractivity contribution is 0.0827. The molecule has 21 heavy (non-hydrogen) atoms. The summed E-state index contributed by atoms with van der Waals surface area (Å²) in [4.78, 5) is 13.4. The molecule has 0 atom stereocenters. The number of nitrogen functional groups attached to an aromatic ring is 1. The SMILES string of the molecule is CN(C)C(=O)c1ccc(Nc2ccc(Br)c(Cl)c2)c(N)c1. The Labute approximate surface area is 137 Å². The van der Waals surface area contributed by atoms with Gasteiger partial charge in [-0.25, -0.2) is 0 Å². The summed E-state index contributed by atoms with van der Waals surface area (Å²) >= 11 is 9.39. The average Bonchev–Trinajstić information content (AvgIpc) is 2.44. The number of amides is 1. The molecule has 0 saturated carbocycles. The van der Waals surface area contributed by atoms with E-state index in [1.165, 1.54) is 4.90 Å². The maximum absolute atomic E-state index is 11.9. The Bertz CT molecular complexity index is 689. The van der Waals surface area contributed by atoms with E-state index in [2.05, 4.69) is 21.2 Å². The molecule has 0 aliphatic heterocycles. The lowest BCUT2D eigenvalue weighted by atomic mass is 10.1. The second-order valence-electron chi connectivity index (χ2n) is 4.76. The number of halogens is 2. The Hall–Kier alpha value is -1.72. The van der Waals surface area contributed by atoms with E-state index in [9.17, 15) is 4.79 Å². The number of rotatable bonds is 3. The van der Waals surface area contributed by atoms with Crippen LogP contribution in [0.5, 0.6) is 0 Å². The van der Waals surface area contributed by atoms with Gasteiger partial charge >= 0.3 is 0 Å². The van der Waals surface area contributed by atoms with Gasteiger partial charge < -0.3 is 16.0 Å². The first kappa shape index (κ1) is 15.7. The van der Waals surface area contributed by atoms with Gasteiger partial charge in [0.1, 0.15) is 0 Å². The Morgan fingerprint density at radius 2 is 1.95 bits per heavy atom. The van der Waals surface area contributed by atoms with E-state index in [0.717, 1.165) is 15.8 Å². The molecule has 2 aromatic rings. The highest BCUT2D eigenvalue weighted by Crippen LogP contribution is 2.29. The Kier molecular flexibility index (Phi) is 4.75. The Morgan fingerprint density at radius 1 is 1.24 bits per heavy atom. The Balaban J connectivity index is 2.25. The quantitative estimate of drug-likeness (QED) is 0.801. The topological polar surface area (TPSA) is 58.4 Å². The van der Waals surface area contributed by atoms with Crippen LogP contribution in [-0.2, 0) is 0 Å². The van der Waals surface area contributed by atoms with Gasteiger partial charge in [0.2, 0.25) is 0 Å². The van der Waals surface area contributed by atoms with Gasteiger partial charge in [0.15, 0.2) is 0 Å². The highest BCUT2D eigenvalue weighted by molar-refractivity contribution is 9.10. The fraction of sp³-hybridized carbons (Fsp3) is 0.133.